The number of ether oxygens (including phenoxy) is 1. The summed E-state index contributed by atoms with van der Waals surface area (Å²) >= 11 is 0. The third-order valence-electron chi connectivity index (χ3n) is 3.89. The maximum absolute atomic E-state index is 6.00. The molecule has 0 fully saturated rings. The average Bonchev–Trinajstić information content (AvgIpc) is 3.01. The highest BCUT2D eigenvalue weighted by Gasteiger charge is 2.26. The molecule has 1 N–H and O–H groups in total. The van der Waals surface area contributed by atoms with Crippen LogP contribution in [0.15, 0.2) is 36.4 Å². The highest BCUT2D eigenvalue weighted by molar-refractivity contribution is 5.79. The Hall–Kier alpha value is -2.29. The monoisotopic (exact) mass is 264 g/mol. The van der Waals surface area contributed by atoms with Crippen molar-refractivity contribution < 1.29 is 4.74 Å². The molecule has 0 radical (unpaired) electrons. The number of nitrogens with zero attached hydrogens (tertiary/aromatic N) is 1. The van der Waals surface area contributed by atoms with Crippen molar-refractivity contribution in [2.45, 2.75) is 26.4 Å². The Bertz CT molecular complexity index is 779. The van der Waals surface area contributed by atoms with Crippen LogP contribution in [0, 0.1) is 13.8 Å². The van der Waals surface area contributed by atoms with Crippen molar-refractivity contribution in [2.24, 2.45) is 0 Å². The molecule has 3 heteroatoms. The minimum absolute atomic E-state index is 0.000457. The van der Waals surface area contributed by atoms with Crippen LogP contribution in [0.4, 0.5) is 0 Å². The van der Waals surface area contributed by atoms with Crippen LogP contribution in [-0.4, -0.2) is 9.97 Å². The number of hydrogen-bond donors (Lipinski definition) is 1. The molecule has 1 aliphatic heterocycles. The zero-order valence-electron chi connectivity index (χ0n) is 11.6. The predicted octanol–water partition coefficient (Wildman–Crippen LogP) is 3.86. The summed E-state index contributed by atoms with van der Waals surface area (Å²) in [4.78, 5) is 8.16. The molecule has 4 rings (SSSR count). The molecule has 2 heterocycles. The first-order valence-electron chi connectivity index (χ1n) is 6.92. The summed E-state index contributed by atoms with van der Waals surface area (Å²) in [5.74, 6) is 1.90. The maximum Gasteiger partial charge on any atom is 0.160 e. The molecule has 20 heavy (non-hydrogen) atoms. The molecule has 3 aromatic rings. The summed E-state index contributed by atoms with van der Waals surface area (Å²) < 4.78 is 6.00. The fourth-order valence-electron chi connectivity index (χ4n) is 2.98. The van der Waals surface area contributed by atoms with Crippen molar-refractivity contribution in [2.75, 3.05) is 0 Å². The molecule has 1 aromatic heterocycles. The first-order chi connectivity index (χ1) is 9.70. The van der Waals surface area contributed by atoms with Gasteiger partial charge in [-0.25, -0.2) is 4.98 Å². The molecule has 0 saturated heterocycles. The van der Waals surface area contributed by atoms with E-state index in [1.807, 2.05) is 12.1 Å². The first-order valence-corrected chi connectivity index (χ1v) is 6.92. The second kappa shape index (κ2) is 4.10. The first kappa shape index (κ1) is 11.5. The standard InChI is InChI=1S/C17H16N2O/c1-10-7-11(2)16-13(8-10)18-17(19-16)15-9-12-5-3-4-6-14(12)20-15/h3-8,15H,9H2,1-2H3,(H,18,19). The molecule has 0 aliphatic carbocycles. The molecule has 3 nitrogen and oxygen atoms in total. The largest absolute Gasteiger partial charge is 0.482 e. The van der Waals surface area contributed by atoms with Crippen LogP contribution in [-0.2, 0) is 6.42 Å². The molecule has 0 spiro atoms. The Kier molecular flexibility index (Phi) is 2.36. The summed E-state index contributed by atoms with van der Waals surface area (Å²) in [5.41, 5.74) is 5.85. The second-order valence-electron chi connectivity index (χ2n) is 5.52. The average molecular weight is 264 g/mol. The fraction of sp³-hybridized carbons (Fsp3) is 0.235. The predicted molar refractivity (Wildman–Crippen MR) is 79.1 cm³/mol. The van der Waals surface area contributed by atoms with Crippen LogP contribution < -0.4 is 4.74 Å². The van der Waals surface area contributed by atoms with Gasteiger partial charge in [0.1, 0.15) is 11.6 Å². The van der Waals surface area contributed by atoms with E-state index < -0.39 is 0 Å². The van der Waals surface area contributed by atoms with Crippen molar-refractivity contribution in [1.82, 2.24) is 9.97 Å². The number of aryl methyl sites for hydroxylation is 2. The number of aromatic amines is 1. The van der Waals surface area contributed by atoms with Gasteiger partial charge in [0.25, 0.3) is 0 Å². The SMILES string of the molecule is Cc1cc(C)c2nc(C3Cc4ccccc4O3)[nH]c2c1. The topological polar surface area (TPSA) is 37.9 Å². The third kappa shape index (κ3) is 1.70. The lowest BCUT2D eigenvalue weighted by atomic mass is 10.1. The molecular weight excluding hydrogens is 248 g/mol. The Morgan fingerprint density at radius 2 is 2.05 bits per heavy atom. The van der Waals surface area contributed by atoms with E-state index in [0.717, 1.165) is 29.0 Å². The van der Waals surface area contributed by atoms with E-state index in [4.69, 9.17) is 9.72 Å². The quantitative estimate of drug-likeness (QED) is 0.724. The third-order valence-corrected chi connectivity index (χ3v) is 3.89. The van der Waals surface area contributed by atoms with E-state index in [9.17, 15) is 0 Å². The van der Waals surface area contributed by atoms with Crippen molar-refractivity contribution in [1.29, 1.82) is 0 Å². The lowest BCUT2D eigenvalue weighted by molar-refractivity contribution is 0.229. The van der Waals surface area contributed by atoms with Crippen LogP contribution >= 0.6 is 0 Å². The number of rotatable bonds is 1. The number of fused-ring (bicyclic) bond motifs is 2. The smallest absolute Gasteiger partial charge is 0.160 e. The van der Waals surface area contributed by atoms with Gasteiger partial charge in [-0.1, -0.05) is 24.3 Å². The van der Waals surface area contributed by atoms with Gasteiger partial charge >= 0.3 is 0 Å². The van der Waals surface area contributed by atoms with Crippen LogP contribution in [0.3, 0.4) is 0 Å². The van der Waals surface area contributed by atoms with E-state index in [1.165, 1.54) is 16.7 Å². The van der Waals surface area contributed by atoms with E-state index in [-0.39, 0.29) is 6.10 Å². The number of nitrogens with one attached hydrogen (secondary N) is 1. The minimum atomic E-state index is -0.000457. The second-order valence-corrected chi connectivity index (χ2v) is 5.52. The maximum atomic E-state index is 6.00. The Morgan fingerprint density at radius 1 is 1.20 bits per heavy atom. The van der Waals surface area contributed by atoms with Gasteiger partial charge in [0.05, 0.1) is 11.0 Å². The molecule has 2 aromatic carbocycles. The minimum Gasteiger partial charge on any atom is -0.482 e. The van der Waals surface area contributed by atoms with Crippen LogP contribution in [0.2, 0.25) is 0 Å². The molecule has 100 valence electrons. The summed E-state index contributed by atoms with van der Waals surface area (Å²) in [7, 11) is 0. The zero-order chi connectivity index (χ0) is 13.7. The Morgan fingerprint density at radius 3 is 2.90 bits per heavy atom. The fourth-order valence-corrected chi connectivity index (χ4v) is 2.98. The molecule has 0 amide bonds. The van der Waals surface area contributed by atoms with E-state index in [2.05, 4.69) is 43.1 Å². The zero-order valence-corrected chi connectivity index (χ0v) is 11.6. The van der Waals surface area contributed by atoms with Crippen molar-refractivity contribution in [3.63, 3.8) is 0 Å². The number of hydrogen-bond acceptors (Lipinski definition) is 2. The van der Waals surface area contributed by atoms with Gasteiger partial charge in [0.2, 0.25) is 0 Å². The molecular formula is C17H16N2O. The lowest BCUT2D eigenvalue weighted by Gasteiger charge is -2.06. The molecule has 1 unspecified atom stereocenters. The number of aromatic nitrogens is 2. The molecule has 1 aliphatic rings. The van der Waals surface area contributed by atoms with Gasteiger partial charge in [-0.3, -0.25) is 0 Å². The van der Waals surface area contributed by atoms with Gasteiger partial charge in [-0.2, -0.15) is 0 Å². The normalized spacial score (nSPS) is 17.2. The van der Waals surface area contributed by atoms with Gasteiger partial charge in [-0.15, -0.1) is 0 Å². The summed E-state index contributed by atoms with van der Waals surface area (Å²) in [6, 6.07) is 12.5. The summed E-state index contributed by atoms with van der Waals surface area (Å²) in [6.45, 7) is 4.21. The number of H-pyrrole nitrogens is 1. The molecule has 1 atom stereocenters. The van der Waals surface area contributed by atoms with Gasteiger partial charge in [-0.05, 0) is 42.7 Å². The van der Waals surface area contributed by atoms with Crippen molar-refractivity contribution in [3.05, 3.63) is 58.9 Å². The Labute approximate surface area is 117 Å². The van der Waals surface area contributed by atoms with Gasteiger partial charge < -0.3 is 9.72 Å². The van der Waals surface area contributed by atoms with Gasteiger partial charge in [0.15, 0.2) is 6.10 Å². The van der Waals surface area contributed by atoms with E-state index >= 15 is 0 Å². The van der Waals surface area contributed by atoms with Gasteiger partial charge in [0, 0.05) is 6.42 Å². The highest BCUT2D eigenvalue weighted by Crippen LogP contribution is 2.36. The highest BCUT2D eigenvalue weighted by atomic mass is 16.5. The van der Waals surface area contributed by atoms with E-state index in [0.29, 0.717) is 0 Å². The summed E-state index contributed by atoms with van der Waals surface area (Å²) in [6.07, 6.45) is 0.883. The van der Waals surface area contributed by atoms with Crippen LogP contribution in [0.25, 0.3) is 11.0 Å². The van der Waals surface area contributed by atoms with Crippen molar-refractivity contribution >= 4 is 11.0 Å². The number of imidazole rings is 1. The number of benzene rings is 2. The van der Waals surface area contributed by atoms with Crippen LogP contribution in [0.1, 0.15) is 28.6 Å². The Balaban J connectivity index is 1.76. The van der Waals surface area contributed by atoms with Crippen molar-refractivity contribution in [3.8, 4) is 5.75 Å². The van der Waals surface area contributed by atoms with E-state index in [1.54, 1.807) is 0 Å². The molecule has 0 saturated carbocycles. The lowest BCUT2D eigenvalue weighted by Crippen LogP contribution is -2.05. The number of para-hydroxylation sites is 1. The van der Waals surface area contributed by atoms with Crippen LogP contribution in [0.5, 0.6) is 5.75 Å². The summed E-state index contributed by atoms with van der Waals surface area (Å²) in [5, 5.41) is 0. The molecule has 0 bridgehead atoms.